The van der Waals surface area contributed by atoms with Crippen molar-refractivity contribution in [3.05, 3.63) is 51.1 Å². The van der Waals surface area contributed by atoms with E-state index in [2.05, 4.69) is 15.5 Å². The third kappa shape index (κ3) is 5.12. The van der Waals surface area contributed by atoms with Crippen molar-refractivity contribution in [2.24, 2.45) is 10.2 Å². The molecule has 0 fully saturated rings. The second kappa shape index (κ2) is 10.4. The van der Waals surface area contributed by atoms with E-state index in [9.17, 15) is 20.2 Å². The highest BCUT2D eigenvalue weighted by molar-refractivity contribution is 5.91. The number of anilines is 1. The highest BCUT2D eigenvalue weighted by Crippen LogP contribution is 2.52. The molecule has 0 spiro atoms. The lowest BCUT2D eigenvalue weighted by molar-refractivity contribution is -0.384. The smallest absolute Gasteiger partial charge is 0.303 e. The van der Waals surface area contributed by atoms with Crippen LogP contribution in [0.3, 0.4) is 0 Å². The van der Waals surface area contributed by atoms with Gasteiger partial charge in [-0.25, -0.2) is 0 Å². The van der Waals surface area contributed by atoms with Gasteiger partial charge < -0.3 is 19.9 Å². The number of nitriles is 1. The summed E-state index contributed by atoms with van der Waals surface area (Å²) in [5.74, 6) is -0.0758. The lowest BCUT2D eigenvalue weighted by Gasteiger charge is -2.38. The number of rotatable bonds is 9. The van der Waals surface area contributed by atoms with E-state index in [0.717, 1.165) is 28.5 Å². The maximum atomic E-state index is 11.0. The zero-order chi connectivity index (χ0) is 26.6. The quantitative estimate of drug-likeness (QED) is 0.239. The Hall–Kier alpha value is -4.46. The van der Waals surface area contributed by atoms with E-state index in [-0.39, 0.29) is 29.0 Å². The number of nitrogens with zero attached hydrogens (tertiary/aromatic N) is 4. The first-order valence-electron chi connectivity index (χ1n) is 11.1. The van der Waals surface area contributed by atoms with Crippen molar-refractivity contribution in [1.82, 2.24) is 0 Å². The van der Waals surface area contributed by atoms with Crippen LogP contribution in [0.15, 0.2) is 40.1 Å². The van der Waals surface area contributed by atoms with Crippen LogP contribution >= 0.6 is 0 Å². The van der Waals surface area contributed by atoms with Crippen molar-refractivity contribution in [2.75, 3.05) is 19.5 Å². The van der Waals surface area contributed by atoms with E-state index in [1.807, 2.05) is 26.8 Å². The van der Waals surface area contributed by atoms with Gasteiger partial charge in [-0.2, -0.15) is 5.26 Å². The van der Waals surface area contributed by atoms with Crippen molar-refractivity contribution in [3.8, 4) is 17.6 Å². The van der Waals surface area contributed by atoms with Crippen molar-refractivity contribution in [2.45, 2.75) is 45.6 Å². The summed E-state index contributed by atoms with van der Waals surface area (Å²) in [5, 5.41) is 41.5. The van der Waals surface area contributed by atoms with E-state index in [0.29, 0.717) is 24.3 Å². The Morgan fingerprint density at radius 2 is 1.97 bits per heavy atom. The van der Waals surface area contributed by atoms with Gasteiger partial charge in [-0.15, -0.1) is 10.2 Å². The van der Waals surface area contributed by atoms with Gasteiger partial charge in [0.15, 0.2) is 17.2 Å². The summed E-state index contributed by atoms with van der Waals surface area (Å²) >= 11 is 0. The van der Waals surface area contributed by atoms with Crippen LogP contribution in [0.2, 0.25) is 0 Å². The van der Waals surface area contributed by atoms with Crippen LogP contribution in [-0.2, 0) is 4.79 Å². The van der Waals surface area contributed by atoms with Gasteiger partial charge >= 0.3 is 5.97 Å². The first-order valence-corrected chi connectivity index (χ1v) is 11.1. The Kier molecular flexibility index (Phi) is 7.58. The number of non-ortho nitro benzene ring substituents is 1. The first-order chi connectivity index (χ1) is 17.0. The van der Waals surface area contributed by atoms with Gasteiger partial charge in [-0.05, 0) is 50.8 Å². The third-order valence-corrected chi connectivity index (χ3v) is 6.06. The van der Waals surface area contributed by atoms with Gasteiger partial charge in [0.1, 0.15) is 11.8 Å². The van der Waals surface area contributed by atoms with Gasteiger partial charge in [-0.3, -0.25) is 14.9 Å². The minimum atomic E-state index is -0.844. The average Bonchev–Trinajstić information content (AvgIpc) is 2.83. The van der Waals surface area contributed by atoms with Crippen LogP contribution in [0.1, 0.15) is 51.2 Å². The largest absolute Gasteiger partial charge is 0.494 e. The summed E-state index contributed by atoms with van der Waals surface area (Å²) in [6, 6.07) is 7.43. The molecule has 11 heteroatoms. The summed E-state index contributed by atoms with van der Waals surface area (Å²) in [7, 11) is 2.98. The number of methoxy groups -OCH3 is 2. The fraction of sp³-hybridized carbons (Fsp3) is 0.360. The number of benzene rings is 2. The molecule has 1 heterocycles. The molecule has 188 valence electrons. The highest BCUT2D eigenvalue weighted by Gasteiger charge is 2.34. The van der Waals surface area contributed by atoms with Gasteiger partial charge in [-0.1, -0.05) is 0 Å². The maximum Gasteiger partial charge on any atom is 0.303 e. The number of hydrogen-bond donors (Lipinski definition) is 2. The van der Waals surface area contributed by atoms with Gasteiger partial charge in [0.25, 0.3) is 5.69 Å². The number of hydrogen-bond acceptors (Lipinski definition) is 9. The number of nitrogens with one attached hydrogen (secondary N) is 1. The molecule has 0 aromatic heterocycles. The van der Waals surface area contributed by atoms with Crippen molar-refractivity contribution < 1.29 is 24.3 Å². The summed E-state index contributed by atoms with van der Waals surface area (Å²) in [5.41, 5.74) is 3.28. The molecule has 0 bridgehead atoms. The molecule has 1 aliphatic heterocycles. The molecular weight excluding hydrogens is 466 g/mol. The molecule has 0 amide bonds. The number of carboxylic acid groups (broad SMARTS) is 1. The molecule has 0 unspecified atom stereocenters. The summed E-state index contributed by atoms with van der Waals surface area (Å²) in [4.78, 5) is 21.5. The molecule has 1 aliphatic rings. The highest BCUT2D eigenvalue weighted by atomic mass is 16.6. The number of allylic oxidation sites excluding steroid dienone is 1. The third-order valence-electron chi connectivity index (χ3n) is 6.06. The van der Waals surface area contributed by atoms with E-state index < -0.39 is 16.4 Å². The van der Waals surface area contributed by atoms with Crippen molar-refractivity contribution in [3.63, 3.8) is 0 Å². The lowest BCUT2D eigenvalue weighted by atomic mass is 9.80. The van der Waals surface area contributed by atoms with E-state index in [1.165, 1.54) is 26.4 Å². The van der Waals surface area contributed by atoms with Crippen LogP contribution < -0.4 is 14.8 Å². The number of carboxylic acids is 1. The Balaban J connectivity index is 2.15. The summed E-state index contributed by atoms with van der Waals surface area (Å²) in [6.07, 6.45) is 1.14. The molecule has 2 N–H and O–H groups in total. The van der Waals surface area contributed by atoms with Gasteiger partial charge in [0, 0.05) is 35.9 Å². The standard InChI is InChI=1S/C25H27N5O6/c1-14-17(7-6-8-21(31)32)25(2,3)27-19-12-20(35-4)23(24(36-5)22(14)19)29-28-18-10-9-16(30(33)34)11-15(18)13-26/h9-12,27H,6-8H2,1-5H3,(H,31,32). The Morgan fingerprint density at radius 1 is 1.25 bits per heavy atom. The Labute approximate surface area is 208 Å². The lowest BCUT2D eigenvalue weighted by Crippen LogP contribution is -2.37. The molecule has 0 saturated carbocycles. The fourth-order valence-corrected chi connectivity index (χ4v) is 4.41. The molecule has 2 aromatic carbocycles. The molecule has 36 heavy (non-hydrogen) atoms. The maximum absolute atomic E-state index is 11.0. The van der Waals surface area contributed by atoms with Crippen LogP contribution in [0.25, 0.3) is 5.57 Å². The van der Waals surface area contributed by atoms with Crippen LogP contribution in [0.4, 0.5) is 22.7 Å². The topological polar surface area (TPSA) is 159 Å². The van der Waals surface area contributed by atoms with Crippen LogP contribution in [-0.4, -0.2) is 35.8 Å². The fourth-order valence-electron chi connectivity index (χ4n) is 4.41. The van der Waals surface area contributed by atoms with E-state index in [1.54, 1.807) is 6.07 Å². The zero-order valence-corrected chi connectivity index (χ0v) is 20.7. The Morgan fingerprint density at radius 3 is 2.56 bits per heavy atom. The van der Waals surface area contributed by atoms with E-state index in [4.69, 9.17) is 14.6 Å². The monoisotopic (exact) mass is 493 g/mol. The first kappa shape index (κ1) is 26.2. The number of carbonyl (C=O) groups is 1. The molecular formula is C25H27N5O6. The van der Waals surface area contributed by atoms with Gasteiger partial charge in [0.2, 0.25) is 0 Å². The average molecular weight is 494 g/mol. The number of azo groups is 1. The molecule has 0 radical (unpaired) electrons. The van der Waals surface area contributed by atoms with Gasteiger partial charge in [0.05, 0.1) is 30.2 Å². The molecule has 2 aromatic rings. The minimum Gasteiger partial charge on any atom is -0.494 e. The summed E-state index contributed by atoms with van der Waals surface area (Å²) < 4.78 is 11.3. The van der Waals surface area contributed by atoms with E-state index >= 15 is 0 Å². The number of fused-ring (bicyclic) bond motifs is 1. The number of nitro groups is 1. The zero-order valence-electron chi connectivity index (χ0n) is 20.7. The summed E-state index contributed by atoms with van der Waals surface area (Å²) in [6.45, 7) is 6.01. The number of ether oxygens (including phenoxy) is 2. The normalized spacial score (nSPS) is 14.1. The predicted octanol–water partition coefficient (Wildman–Crippen LogP) is 6.13. The van der Waals surface area contributed by atoms with Crippen molar-refractivity contribution >= 4 is 34.3 Å². The van der Waals surface area contributed by atoms with Crippen LogP contribution in [0, 0.1) is 21.4 Å². The molecule has 3 rings (SSSR count). The second-order valence-electron chi connectivity index (χ2n) is 8.75. The SMILES string of the molecule is COc1cc2c(c(OC)c1N=Nc1ccc([N+](=O)[O-])cc1C#N)C(C)=C(CCCC(=O)O)C(C)(C)N2. The predicted molar refractivity (Wildman–Crippen MR) is 133 cm³/mol. The minimum absolute atomic E-state index is 0.00375. The molecule has 0 saturated heterocycles. The number of aliphatic carboxylic acids is 1. The van der Waals surface area contributed by atoms with Crippen LogP contribution in [0.5, 0.6) is 11.5 Å². The Bertz CT molecular complexity index is 1320. The van der Waals surface area contributed by atoms with Crippen molar-refractivity contribution in [1.29, 1.82) is 5.26 Å². The molecule has 0 atom stereocenters. The molecule has 11 nitrogen and oxygen atoms in total. The number of nitro benzene ring substituents is 1. The molecule has 0 aliphatic carbocycles. The second-order valence-corrected chi connectivity index (χ2v) is 8.75.